The number of nitrogens with zero attached hydrogens (tertiary/aromatic N) is 1. The van der Waals surface area contributed by atoms with Gasteiger partial charge in [0, 0.05) is 16.9 Å². The number of halogens is 1. The van der Waals surface area contributed by atoms with E-state index in [0.29, 0.717) is 6.54 Å². The lowest BCUT2D eigenvalue weighted by atomic mass is 10.2. The van der Waals surface area contributed by atoms with Crippen LogP contribution in [0.1, 0.15) is 17.8 Å². The number of amides is 1. The van der Waals surface area contributed by atoms with Crippen molar-refractivity contribution >= 4 is 17.2 Å². The first kappa shape index (κ1) is 12.3. The molecule has 0 bridgehead atoms. The largest absolute Gasteiger partial charge is 0.349 e. The molecule has 0 spiro atoms. The molecule has 1 heterocycles. The molecule has 98 valence electrons. The van der Waals surface area contributed by atoms with Crippen molar-refractivity contribution < 1.29 is 9.18 Å². The summed E-state index contributed by atoms with van der Waals surface area (Å²) in [6.07, 6.45) is 2.01. The van der Waals surface area contributed by atoms with Gasteiger partial charge in [0.1, 0.15) is 10.8 Å². The molecule has 1 fully saturated rings. The van der Waals surface area contributed by atoms with Crippen LogP contribution < -0.4 is 5.32 Å². The topological polar surface area (TPSA) is 42.0 Å². The molecule has 5 heteroatoms. The van der Waals surface area contributed by atoms with E-state index in [0.717, 1.165) is 29.1 Å². The number of hydrogen-bond acceptors (Lipinski definition) is 3. The van der Waals surface area contributed by atoms with Crippen LogP contribution in [0.5, 0.6) is 0 Å². The van der Waals surface area contributed by atoms with Crippen molar-refractivity contribution in [1.29, 1.82) is 0 Å². The fraction of sp³-hybridized carbons (Fsp3) is 0.286. The van der Waals surface area contributed by atoms with E-state index in [4.69, 9.17) is 0 Å². The highest BCUT2D eigenvalue weighted by molar-refractivity contribution is 7.09. The van der Waals surface area contributed by atoms with Crippen molar-refractivity contribution in [2.45, 2.75) is 19.4 Å². The first-order valence-corrected chi connectivity index (χ1v) is 7.08. The highest BCUT2D eigenvalue weighted by atomic mass is 32.1. The molecule has 3 rings (SSSR count). The van der Waals surface area contributed by atoms with Crippen LogP contribution in [0.15, 0.2) is 29.6 Å². The maximum Gasteiger partial charge on any atom is 0.223 e. The number of thiazole rings is 1. The van der Waals surface area contributed by atoms with Gasteiger partial charge in [-0.15, -0.1) is 11.3 Å². The summed E-state index contributed by atoms with van der Waals surface area (Å²) in [7, 11) is 0. The van der Waals surface area contributed by atoms with Crippen LogP contribution in [-0.4, -0.2) is 10.9 Å². The Hall–Kier alpha value is -1.75. The number of carbonyl (C=O) groups excluding carboxylic acids is 1. The van der Waals surface area contributed by atoms with Crippen LogP contribution >= 0.6 is 11.3 Å². The molecule has 0 saturated heterocycles. The summed E-state index contributed by atoms with van der Waals surface area (Å²) in [5.74, 6) is 0.0889. The van der Waals surface area contributed by atoms with Crippen molar-refractivity contribution in [3.8, 4) is 11.3 Å². The minimum atomic E-state index is -0.254. The van der Waals surface area contributed by atoms with E-state index in [1.165, 1.54) is 23.5 Å². The van der Waals surface area contributed by atoms with Gasteiger partial charge in [-0.05, 0) is 37.1 Å². The summed E-state index contributed by atoms with van der Waals surface area (Å²) in [4.78, 5) is 16.0. The third-order valence-electron chi connectivity index (χ3n) is 3.05. The predicted octanol–water partition coefficient (Wildman–Crippen LogP) is 2.98. The molecule has 1 aliphatic rings. The molecule has 19 heavy (non-hydrogen) atoms. The number of hydrogen-bond donors (Lipinski definition) is 1. The minimum Gasteiger partial charge on any atom is -0.349 e. The highest BCUT2D eigenvalue weighted by Crippen LogP contribution is 2.29. The summed E-state index contributed by atoms with van der Waals surface area (Å²) in [6.45, 7) is 0.473. The van der Waals surface area contributed by atoms with Crippen LogP contribution in [0.25, 0.3) is 11.3 Å². The second-order valence-electron chi connectivity index (χ2n) is 4.63. The number of nitrogens with one attached hydrogen (secondary N) is 1. The molecule has 0 unspecified atom stereocenters. The Morgan fingerprint density at radius 3 is 2.79 bits per heavy atom. The summed E-state index contributed by atoms with van der Waals surface area (Å²) in [5, 5.41) is 5.68. The molecule has 1 N–H and O–H groups in total. The molecular weight excluding hydrogens is 263 g/mol. The molecule has 1 saturated carbocycles. The van der Waals surface area contributed by atoms with E-state index in [2.05, 4.69) is 10.3 Å². The molecule has 1 amide bonds. The maximum absolute atomic E-state index is 12.8. The monoisotopic (exact) mass is 276 g/mol. The van der Waals surface area contributed by atoms with Gasteiger partial charge in [0.25, 0.3) is 0 Å². The molecular formula is C14H13FN2OS. The Morgan fingerprint density at radius 1 is 1.37 bits per heavy atom. The fourth-order valence-corrected chi connectivity index (χ4v) is 2.54. The van der Waals surface area contributed by atoms with Crippen LogP contribution in [0.4, 0.5) is 4.39 Å². The second-order valence-corrected chi connectivity index (χ2v) is 5.57. The van der Waals surface area contributed by atoms with Gasteiger partial charge >= 0.3 is 0 Å². The Balaban J connectivity index is 1.65. The lowest BCUT2D eigenvalue weighted by molar-refractivity contribution is -0.122. The molecule has 3 nitrogen and oxygen atoms in total. The minimum absolute atomic E-state index is 0.124. The third kappa shape index (κ3) is 2.98. The van der Waals surface area contributed by atoms with Crippen molar-refractivity contribution in [3.05, 3.63) is 40.5 Å². The first-order chi connectivity index (χ1) is 9.22. The molecule has 1 aromatic heterocycles. The van der Waals surface area contributed by atoms with Gasteiger partial charge in [0.15, 0.2) is 0 Å². The van der Waals surface area contributed by atoms with Crippen LogP contribution in [0.3, 0.4) is 0 Å². The van der Waals surface area contributed by atoms with Crippen molar-refractivity contribution in [1.82, 2.24) is 10.3 Å². The first-order valence-electron chi connectivity index (χ1n) is 6.20. The van der Waals surface area contributed by atoms with Crippen molar-refractivity contribution in [2.24, 2.45) is 5.92 Å². The lowest BCUT2D eigenvalue weighted by Crippen LogP contribution is -2.23. The zero-order valence-electron chi connectivity index (χ0n) is 10.2. The van der Waals surface area contributed by atoms with E-state index in [9.17, 15) is 9.18 Å². The quantitative estimate of drug-likeness (QED) is 0.932. The normalized spacial score (nSPS) is 14.4. The Kier molecular flexibility index (Phi) is 3.29. The number of aromatic nitrogens is 1. The molecule has 2 aromatic rings. The van der Waals surface area contributed by atoms with E-state index in [1.54, 1.807) is 12.1 Å². The third-order valence-corrected chi connectivity index (χ3v) is 3.90. The van der Waals surface area contributed by atoms with Gasteiger partial charge in [0.2, 0.25) is 5.91 Å². The second kappa shape index (κ2) is 5.09. The summed E-state index contributed by atoms with van der Waals surface area (Å²) in [6, 6.07) is 6.25. The van der Waals surface area contributed by atoms with Gasteiger partial charge < -0.3 is 5.32 Å². The van der Waals surface area contributed by atoms with Gasteiger partial charge in [-0.1, -0.05) is 0 Å². The average molecular weight is 276 g/mol. The van der Waals surface area contributed by atoms with E-state index < -0.39 is 0 Å². The number of benzene rings is 1. The van der Waals surface area contributed by atoms with Crippen molar-refractivity contribution in [3.63, 3.8) is 0 Å². The van der Waals surface area contributed by atoms with Crippen LogP contribution in [0, 0.1) is 11.7 Å². The van der Waals surface area contributed by atoms with Gasteiger partial charge in [-0.3, -0.25) is 4.79 Å². The number of carbonyl (C=O) groups is 1. The zero-order chi connectivity index (χ0) is 13.2. The molecule has 0 aliphatic heterocycles. The van der Waals surface area contributed by atoms with Gasteiger partial charge in [-0.25, -0.2) is 9.37 Å². The Labute approximate surface area is 114 Å². The predicted molar refractivity (Wildman–Crippen MR) is 72.1 cm³/mol. The van der Waals surface area contributed by atoms with Crippen LogP contribution in [0.2, 0.25) is 0 Å². The summed E-state index contributed by atoms with van der Waals surface area (Å²) < 4.78 is 12.8. The molecule has 0 atom stereocenters. The van der Waals surface area contributed by atoms with E-state index in [-0.39, 0.29) is 17.6 Å². The molecule has 0 radical (unpaired) electrons. The van der Waals surface area contributed by atoms with Crippen LogP contribution in [-0.2, 0) is 11.3 Å². The van der Waals surface area contributed by atoms with E-state index in [1.807, 2.05) is 5.38 Å². The lowest BCUT2D eigenvalue weighted by Gasteiger charge is -2.00. The van der Waals surface area contributed by atoms with Gasteiger partial charge in [-0.2, -0.15) is 0 Å². The zero-order valence-corrected chi connectivity index (χ0v) is 11.0. The standard InChI is InChI=1S/C14H13FN2OS/c15-11-5-3-9(4-6-11)12-8-19-13(17-12)7-16-14(18)10-1-2-10/h3-6,8,10H,1-2,7H2,(H,16,18). The average Bonchev–Trinajstić information content (AvgIpc) is 3.16. The highest BCUT2D eigenvalue weighted by Gasteiger charge is 2.29. The smallest absolute Gasteiger partial charge is 0.223 e. The molecule has 1 aliphatic carbocycles. The van der Waals surface area contributed by atoms with E-state index >= 15 is 0 Å². The maximum atomic E-state index is 12.8. The fourth-order valence-electron chi connectivity index (χ4n) is 1.80. The summed E-state index contributed by atoms with van der Waals surface area (Å²) >= 11 is 1.50. The Morgan fingerprint density at radius 2 is 2.11 bits per heavy atom. The SMILES string of the molecule is O=C(NCc1nc(-c2ccc(F)cc2)cs1)C1CC1. The number of rotatable bonds is 4. The van der Waals surface area contributed by atoms with Gasteiger partial charge in [0.05, 0.1) is 12.2 Å². The van der Waals surface area contributed by atoms with Crippen molar-refractivity contribution in [2.75, 3.05) is 0 Å². The molecule has 1 aromatic carbocycles. The summed E-state index contributed by atoms with van der Waals surface area (Å²) in [5.41, 5.74) is 1.71. The Bertz CT molecular complexity index is 590.